The van der Waals surface area contributed by atoms with Gasteiger partial charge in [-0.25, -0.2) is 0 Å². The molecule has 0 unspecified atom stereocenters. The smallest absolute Gasteiger partial charge is 0.526 e. The van der Waals surface area contributed by atoms with Crippen LogP contribution in [0.1, 0.15) is 26.7 Å². The third-order valence-electron chi connectivity index (χ3n) is 2.93. The molecule has 0 heterocycles. The summed E-state index contributed by atoms with van der Waals surface area (Å²) in [7, 11) is 1.30. The number of hydrogen-bond donors (Lipinski definition) is 0. The molecule has 0 fully saturated rings. The van der Waals surface area contributed by atoms with Gasteiger partial charge in [0.05, 0.1) is 13.2 Å². The molecule has 2 aromatic carbocycles. The summed E-state index contributed by atoms with van der Waals surface area (Å²) in [6.45, 7) is 5.52. The van der Waals surface area contributed by atoms with Crippen molar-refractivity contribution in [2.75, 3.05) is 13.2 Å². The van der Waals surface area contributed by atoms with Gasteiger partial charge in [-0.15, -0.1) is 0 Å². The highest BCUT2D eigenvalue weighted by Crippen LogP contribution is 2.21. The summed E-state index contributed by atoms with van der Waals surface area (Å²) in [4.78, 5) is 0. The van der Waals surface area contributed by atoms with Crippen LogP contribution in [0.3, 0.4) is 0 Å². The molecule has 0 aliphatic rings. The molecule has 0 amide bonds. The highest BCUT2D eigenvalue weighted by molar-refractivity contribution is 6.20. The molecule has 0 aliphatic heterocycles. The molecule has 23 heavy (non-hydrogen) atoms. The molecule has 2 aromatic rings. The van der Waals surface area contributed by atoms with Gasteiger partial charge in [0.15, 0.2) is 0 Å². The first-order chi connectivity index (χ1) is 11.3. The molecule has 0 aromatic heterocycles. The van der Waals surface area contributed by atoms with E-state index in [0.29, 0.717) is 24.7 Å². The highest BCUT2D eigenvalue weighted by Gasteiger charge is 2.04. The van der Waals surface area contributed by atoms with E-state index in [1.807, 2.05) is 48.5 Å². The maximum Gasteiger partial charge on any atom is 0.658 e. The standard InChI is InChI=1S/C18H22BO4/c1-3-11-20-15-7-5-9-17(13-15)22-19-23-18-10-6-8-16(14-18)21-12-4-2/h5-10,13-14H,3-4,11-12H2,1-2H3. The minimum absolute atomic E-state index is 0.664. The van der Waals surface area contributed by atoms with Crippen LogP contribution in [0.15, 0.2) is 48.5 Å². The Labute approximate surface area is 138 Å². The fraction of sp³-hybridized carbons (Fsp3) is 0.333. The van der Waals surface area contributed by atoms with Gasteiger partial charge in [0.1, 0.15) is 23.0 Å². The van der Waals surface area contributed by atoms with Crippen LogP contribution in [0.5, 0.6) is 23.0 Å². The topological polar surface area (TPSA) is 36.9 Å². The summed E-state index contributed by atoms with van der Waals surface area (Å²) in [5.41, 5.74) is 0. The van der Waals surface area contributed by atoms with Gasteiger partial charge in [0.25, 0.3) is 0 Å². The number of benzene rings is 2. The van der Waals surface area contributed by atoms with Crippen LogP contribution >= 0.6 is 0 Å². The molecule has 0 saturated carbocycles. The van der Waals surface area contributed by atoms with E-state index in [4.69, 9.17) is 18.8 Å². The average Bonchev–Trinajstić information content (AvgIpc) is 2.59. The van der Waals surface area contributed by atoms with Crippen molar-refractivity contribution in [2.45, 2.75) is 26.7 Å². The highest BCUT2D eigenvalue weighted by atomic mass is 16.6. The number of ether oxygens (including phenoxy) is 2. The lowest BCUT2D eigenvalue weighted by molar-refractivity contribution is 0.315. The molecule has 0 bridgehead atoms. The Hall–Kier alpha value is -2.30. The van der Waals surface area contributed by atoms with Gasteiger partial charge >= 0.3 is 7.69 Å². The lowest BCUT2D eigenvalue weighted by atomic mass is 10.2. The summed E-state index contributed by atoms with van der Waals surface area (Å²) in [5.74, 6) is 2.90. The van der Waals surface area contributed by atoms with Crippen LogP contribution < -0.4 is 18.8 Å². The average molecular weight is 313 g/mol. The third kappa shape index (κ3) is 6.14. The molecule has 1 radical (unpaired) electrons. The zero-order valence-electron chi connectivity index (χ0n) is 13.7. The Balaban J connectivity index is 1.82. The van der Waals surface area contributed by atoms with E-state index >= 15 is 0 Å². The maximum absolute atomic E-state index is 5.56. The maximum atomic E-state index is 5.56. The molecular weight excluding hydrogens is 291 g/mol. The van der Waals surface area contributed by atoms with E-state index in [9.17, 15) is 0 Å². The molecule has 4 nitrogen and oxygen atoms in total. The van der Waals surface area contributed by atoms with Crippen LogP contribution in [0.25, 0.3) is 0 Å². The predicted molar refractivity (Wildman–Crippen MR) is 91.5 cm³/mol. The number of hydrogen-bond acceptors (Lipinski definition) is 4. The Morgan fingerprint density at radius 1 is 0.696 bits per heavy atom. The first kappa shape index (κ1) is 17.1. The van der Waals surface area contributed by atoms with Crippen LogP contribution in [-0.2, 0) is 0 Å². The van der Waals surface area contributed by atoms with Gasteiger partial charge in [-0.05, 0) is 37.1 Å². The molecule has 0 aliphatic carbocycles. The minimum Gasteiger partial charge on any atom is -0.526 e. The van der Waals surface area contributed by atoms with E-state index < -0.39 is 0 Å². The predicted octanol–water partition coefficient (Wildman–Crippen LogP) is 4.26. The Kier molecular flexibility index (Phi) is 7.17. The molecule has 0 atom stereocenters. The summed E-state index contributed by atoms with van der Waals surface area (Å²) in [5, 5.41) is 0. The van der Waals surface area contributed by atoms with Crippen molar-refractivity contribution in [3.05, 3.63) is 48.5 Å². The molecule has 0 spiro atoms. The van der Waals surface area contributed by atoms with Crippen LogP contribution in [0, 0.1) is 0 Å². The molecule has 2 rings (SSSR count). The third-order valence-corrected chi connectivity index (χ3v) is 2.93. The van der Waals surface area contributed by atoms with E-state index in [0.717, 1.165) is 24.3 Å². The fourth-order valence-corrected chi connectivity index (χ4v) is 1.85. The summed E-state index contributed by atoms with van der Waals surface area (Å²) in [6, 6.07) is 14.9. The van der Waals surface area contributed by atoms with Crippen molar-refractivity contribution < 1.29 is 18.8 Å². The SMILES string of the molecule is CCCOc1cccc(O[B]Oc2cccc(OCCC)c2)c1. The van der Waals surface area contributed by atoms with Crippen molar-refractivity contribution in [3.63, 3.8) is 0 Å². The van der Waals surface area contributed by atoms with Gasteiger partial charge in [0.2, 0.25) is 0 Å². The summed E-state index contributed by atoms with van der Waals surface area (Å²) < 4.78 is 22.1. The van der Waals surface area contributed by atoms with Crippen molar-refractivity contribution >= 4 is 7.69 Å². The minimum atomic E-state index is 0.664. The lowest BCUT2D eigenvalue weighted by Gasteiger charge is -2.10. The van der Waals surface area contributed by atoms with Gasteiger partial charge < -0.3 is 18.8 Å². The second kappa shape index (κ2) is 9.67. The zero-order chi connectivity index (χ0) is 16.3. The monoisotopic (exact) mass is 313 g/mol. The first-order valence-electron chi connectivity index (χ1n) is 7.92. The Bertz CT molecular complexity index is 537. The quantitative estimate of drug-likeness (QED) is 0.614. The van der Waals surface area contributed by atoms with E-state index in [1.165, 1.54) is 7.69 Å². The fourth-order valence-electron chi connectivity index (χ4n) is 1.85. The van der Waals surface area contributed by atoms with Crippen molar-refractivity contribution in [1.29, 1.82) is 0 Å². The largest absolute Gasteiger partial charge is 0.658 e. The van der Waals surface area contributed by atoms with Gasteiger partial charge in [-0.1, -0.05) is 26.0 Å². The van der Waals surface area contributed by atoms with E-state index in [-0.39, 0.29) is 0 Å². The van der Waals surface area contributed by atoms with Crippen molar-refractivity contribution in [1.82, 2.24) is 0 Å². The molecular formula is C18H22BO4. The van der Waals surface area contributed by atoms with E-state index in [1.54, 1.807) is 0 Å². The second-order valence-electron chi connectivity index (χ2n) is 4.98. The molecule has 0 N–H and O–H groups in total. The first-order valence-corrected chi connectivity index (χ1v) is 7.92. The summed E-state index contributed by atoms with van der Waals surface area (Å²) in [6.07, 6.45) is 1.94. The van der Waals surface area contributed by atoms with Crippen molar-refractivity contribution in [2.24, 2.45) is 0 Å². The van der Waals surface area contributed by atoms with Crippen LogP contribution in [0.4, 0.5) is 0 Å². The molecule has 121 valence electrons. The molecule has 5 heteroatoms. The normalized spacial score (nSPS) is 10.0. The zero-order valence-corrected chi connectivity index (χ0v) is 13.7. The lowest BCUT2D eigenvalue weighted by Crippen LogP contribution is -2.11. The number of rotatable bonds is 10. The van der Waals surface area contributed by atoms with Crippen LogP contribution in [0.2, 0.25) is 0 Å². The van der Waals surface area contributed by atoms with Gasteiger partial charge in [-0.3, -0.25) is 0 Å². The molecule has 0 saturated heterocycles. The second-order valence-corrected chi connectivity index (χ2v) is 4.98. The Morgan fingerprint density at radius 3 is 1.57 bits per heavy atom. The van der Waals surface area contributed by atoms with Gasteiger partial charge in [-0.2, -0.15) is 0 Å². The van der Waals surface area contributed by atoms with Gasteiger partial charge in [0, 0.05) is 12.1 Å². The Morgan fingerprint density at radius 2 is 1.13 bits per heavy atom. The van der Waals surface area contributed by atoms with Crippen LogP contribution in [-0.4, -0.2) is 20.9 Å². The van der Waals surface area contributed by atoms with E-state index in [2.05, 4.69) is 13.8 Å². The summed E-state index contributed by atoms with van der Waals surface area (Å²) >= 11 is 0. The van der Waals surface area contributed by atoms with Crippen molar-refractivity contribution in [3.8, 4) is 23.0 Å².